The first-order chi connectivity index (χ1) is 22.8. The fraction of sp³-hybridized carbons (Fsp3) is 0.286. The zero-order chi connectivity index (χ0) is 32.5. The number of nitrogens with one attached hydrogen (secondary N) is 3. The molecule has 3 N–H and O–H groups in total. The van der Waals surface area contributed by atoms with Crippen molar-refractivity contribution in [3.63, 3.8) is 0 Å². The number of benzene rings is 2. The van der Waals surface area contributed by atoms with Crippen molar-refractivity contribution in [1.82, 2.24) is 24.8 Å². The van der Waals surface area contributed by atoms with E-state index < -0.39 is 9.52 Å². The number of hydrogen-bond donors (Lipinski definition) is 3. The zero-order valence-electron chi connectivity index (χ0n) is 25.7. The van der Waals surface area contributed by atoms with Crippen molar-refractivity contribution in [2.75, 3.05) is 23.7 Å². The van der Waals surface area contributed by atoms with Gasteiger partial charge < -0.3 is 16.0 Å². The molecular formula is C35H35Cl2N7O2S. The molecule has 1 saturated heterocycles. The highest BCUT2D eigenvalue weighted by molar-refractivity contribution is 8.00. The first-order valence-corrected chi connectivity index (χ1v) is 18.3. The van der Waals surface area contributed by atoms with Crippen molar-refractivity contribution in [2.24, 2.45) is 0 Å². The number of piperidine rings is 1. The number of aromatic nitrogens is 4. The molecule has 0 radical (unpaired) electrons. The Balaban J connectivity index is 1.24. The van der Waals surface area contributed by atoms with Crippen molar-refractivity contribution < 1.29 is 4.21 Å². The van der Waals surface area contributed by atoms with E-state index in [9.17, 15) is 9.00 Å². The number of halogens is 2. The van der Waals surface area contributed by atoms with Crippen molar-refractivity contribution >= 4 is 67.0 Å². The third-order valence-corrected chi connectivity index (χ3v) is 11.6. The molecule has 1 atom stereocenters. The van der Waals surface area contributed by atoms with Gasteiger partial charge in [-0.2, -0.15) is 4.98 Å². The lowest BCUT2D eigenvalue weighted by Crippen LogP contribution is -2.35. The highest BCUT2D eigenvalue weighted by Gasteiger charge is 2.26. The Bertz CT molecular complexity index is 2070. The monoisotopic (exact) mass is 687 g/mol. The minimum atomic E-state index is -2.91. The van der Waals surface area contributed by atoms with Crippen LogP contribution in [0.4, 0.5) is 17.3 Å². The Morgan fingerprint density at radius 3 is 2.23 bits per heavy atom. The smallest absolute Gasteiger partial charge is 0.260 e. The Labute approximate surface area is 283 Å². The number of fused-ring (bicyclic) bond motifs is 1. The molecule has 242 valence electrons. The Morgan fingerprint density at radius 2 is 1.55 bits per heavy atom. The van der Waals surface area contributed by atoms with E-state index in [1.165, 1.54) is 0 Å². The van der Waals surface area contributed by atoms with Crippen LogP contribution in [0.15, 0.2) is 87.8 Å². The van der Waals surface area contributed by atoms with Gasteiger partial charge in [0.05, 0.1) is 15.6 Å². The quantitative estimate of drug-likeness (QED) is 0.146. The van der Waals surface area contributed by atoms with Crippen LogP contribution in [0.1, 0.15) is 44.6 Å². The van der Waals surface area contributed by atoms with E-state index in [0.29, 0.717) is 43.9 Å². The van der Waals surface area contributed by atoms with Crippen LogP contribution in [0.25, 0.3) is 22.2 Å². The second kappa shape index (κ2) is 13.3. The van der Waals surface area contributed by atoms with E-state index in [2.05, 4.69) is 43.9 Å². The van der Waals surface area contributed by atoms with Crippen molar-refractivity contribution in [3.8, 4) is 11.1 Å². The Hall–Kier alpha value is -3.96. The maximum Gasteiger partial charge on any atom is 0.260 e. The van der Waals surface area contributed by atoms with Crippen LogP contribution >= 0.6 is 23.2 Å². The van der Waals surface area contributed by atoms with Gasteiger partial charge in [0.2, 0.25) is 5.95 Å². The second-order valence-electron chi connectivity index (χ2n) is 12.1. The molecule has 9 nitrogen and oxygen atoms in total. The van der Waals surface area contributed by atoms with E-state index in [4.69, 9.17) is 28.2 Å². The van der Waals surface area contributed by atoms with Crippen LogP contribution in [-0.2, 0) is 9.52 Å². The molecule has 2 aliphatic rings. The molecular weight excluding hydrogens is 653 g/mol. The molecule has 12 heteroatoms. The predicted octanol–water partition coefficient (Wildman–Crippen LogP) is 7.32. The van der Waals surface area contributed by atoms with Gasteiger partial charge in [-0.3, -0.25) is 18.6 Å². The fourth-order valence-electron chi connectivity index (χ4n) is 6.53. The molecule has 3 aromatic heterocycles. The molecule has 0 amide bonds. The van der Waals surface area contributed by atoms with Crippen molar-refractivity contribution in [3.05, 3.63) is 93.6 Å². The molecule has 1 saturated carbocycles. The molecule has 4 heterocycles. The van der Waals surface area contributed by atoms with Gasteiger partial charge in [-0.15, -0.1) is 0 Å². The maximum atomic E-state index is 14.3. The van der Waals surface area contributed by atoms with E-state index >= 15 is 0 Å². The highest BCUT2D eigenvalue weighted by atomic mass is 35.5. The average Bonchev–Trinajstić information content (AvgIpc) is 3.61. The topological polar surface area (TPSA) is 114 Å². The summed E-state index contributed by atoms with van der Waals surface area (Å²) >= 11 is 13.7. The molecule has 7 rings (SSSR count). The number of rotatable bonds is 8. The third-order valence-electron chi connectivity index (χ3n) is 9.01. The summed E-state index contributed by atoms with van der Waals surface area (Å²) in [5.74, 6) is 4.38. The van der Waals surface area contributed by atoms with Gasteiger partial charge >= 0.3 is 0 Å². The van der Waals surface area contributed by atoms with Crippen LogP contribution in [0.5, 0.6) is 0 Å². The molecule has 1 aliphatic carbocycles. The molecule has 1 aliphatic heterocycles. The Kier molecular flexibility index (Phi) is 8.93. The van der Waals surface area contributed by atoms with E-state index in [1.54, 1.807) is 53.5 Å². The standard InChI is InChI=1S/C35H35Cl2N7O2S/c1-47(46,27-12-16-39-17-13-27)28-19-30(36)32(31(37)20-28)29-18-22-21-40-35(43-33(22)44(34(29)45)26-4-2-3-5-26)42-24-8-6-23(7-9-24)41-25-10-14-38-15-11-25/h6-9,12-13,16-21,25-26,38,41H,1-5,10-11,14-15H2,(H,40,42,43). The SMILES string of the molecule is C=S(=O)(c1ccncc1)c1cc(Cl)c(-c2cc3cnc(Nc4ccc(NC5CCNCC5)cc4)nc3n(C3CCCC3)c2=O)c(Cl)c1. The lowest BCUT2D eigenvalue weighted by molar-refractivity contribution is 0.479. The first kappa shape index (κ1) is 31.6. The van der Waals surface area contributed by atoms with Gasteiger partial charge in [-0.1, -0.05) is 36.0 Å². The van der Waals surface area contributed by atoms with E-state index in [1.807, 2.05) is 12.1 Å². The summed E-state index contributed by atoms with van der Waals surface area (Å²) in [6.45, 7) is 2.06. The van der Waals surface area contributed by atoms with Gasteiger partial charge in [0.25, 0.3) is 5.56 Å². The van der Waals surface area contributed by atoms with Crippen LogP contribution < -0.4 is 21.5 Å². The minimum Gasteiger partial charge on any atom is -0.382 e. The zero-order valence-corrected chi connectivity index (χ0v) is 28.0. The number of pyridine rings is 2. The molecule has 0 spiro atoms. The van der Waals surface area contributed by atoms with Crippen LogP contribution in [0.3, 0.4) is 0 Å². The summed E-state index contributed by atoms with van der Waals surface area (Å²) in [6, 6.07) is 16.8. The summed E-state index contributed by atoms with van der Waals surface area (Å²) in [5.41, 5.74) is 2.95. The second-order valence-corrected chi connectivity index (χ2v) is 15.2. The minimum absolute atomic E-state index is 0.0184. The normalized spacial score (nSPS) is 17.1. The van der Waals surface area contributed by atoms with Crippen LogP contribution in [0.2, 0.25) is 10.0 Å². The number of nitrogens with zero attached hydrogens (tertiary/aromatic N) is 4. The molecule has 0 bridgehead atoms. The van der Waals surface area contributed by atoms with Crippen molar-refractivity contribution in [1.29, 1.82) is 0 Å². The summed E-state index contributed by atoms with van der Waals surface area (Å²) < 4.78 is 15.5. The van der Waals surface area contributed by atoms with Gasteiger partial charge in [0.15, 0.2) is 0 Å². The Morgan fingerprint density at radius 1 is 0.894 bits per heavy atom. The first-order valence-electron chi connectivity index (χ1n) is 15.8. The van der Waals surface area contributed by atoms with Crippen LogP contribution in [-0.4, -0.2) is 48.7 Å². The third kappa shape index (κ3) is 6.47. The molecule has 2 aromatic carbocycles. The fourth-order valence-corrected chi connectivity index (χ4v) is 8.80. The lowest BCUT2D eigenvalue weighted by Gasteiger charge is -2.24. The van der Waals surface area contributed by atoms with E-state index in [0.717, 1.165) is 63.0 Å². The maximum absolute atomic E-state index is 14.3. The summed E-state index contributed by atoms with van der Waals surface area (Å²) in [5, 5.41) is 11.4. The largest absolute Gasteiger partial charge is 0.382 e. The summed E-state index contributed by atoms with van der Waals surface area (Å²) in [7, 11) is -2.91. The molecule has 5 aromatic rings. The number of anilines is 3. The van der Waals surface area contributed by atoms with E-state index in [-0.39, 0.29) is 21.6 Å². The van der Waals surface area contributed by atoms with Crippen molar-refractivity contribution in [2.45, 2.75) is 60.4 Å². The van der Waals surface area contributed by atoms with Gasteiger partial charge in [0.1, 0.15) is 5.65 Å². The van der Waals surface area contributed by atoms with Gasteiger partial charge in [0, 0.05) is 72.3 Å². The molecule has 47 heavy (non-hydrogen) atoms. The molecule has 1 unspecified atom stereocenters. The summed E-state index contributed by atoms with van der Waals surface area (Å²) in [6.07, 6.45) is 10.8. The van der Waals surface area contributed by atoms with Gasteiger partial charge in [-0.05, 0) is 99.2 Å². The summed E-state index contributed by atoms with van der Waals surface area (Å²) in [4.78, 5) is 28.7. The highest BCUT2D eigenvalue weighted by Crippen LogP contribution is 2.39. The van der Waals surface area contributed by atoms with Crippen LogP contribution in [0, 0.1) is 0 Å². The lowest BCUT2D eigenvalue weighted by atomic mass is 10.0. The average molecular weight is 689 g/mol. The molecule has 2 fully saturated rings. The van der Waals surface area contributed by atoms with Gasteiger partial charge in [-0.25, -0.2) is 4.98 Å². The number of hydrogen-bond acceptors (Lipinski definition) is 8. The predicted molar refractivity (Wildman–Crippen MR) is 192 cm³/mol.